The number of ether oxygens (including phenoxy) is 1. The van der Waals surface area contributed by atoms with E-state index in [2.05, 4.69) is 54.4 Å². The van der Waals surface area contributed by atoms with Crippen molar-refractivity contribution in [2.24, 2.45) is 5.10 Å². The molecule has 0 aliphatic heterocycles. The molecule has 0 unspecified atom stereocenters. The normalized spacial score (nSPS) is 10.6. The number of hydrazone groups is 1. The van der Waals surface area contributed by atoms with Crippen LogP contribution in [0.3, 0.4) is 0 Å². The van der Waals surface area contributed by atoms with Crippen LogP contribution in [0, 0.1) is 3.57 Å². The lowest BCUT2D eigenvalue weighted by Crippen LogP contribution is -2.34. The molecule has 0 saturated carbocycles. The molecule has 0 saturated heterocycles. The summed E-state index contributed by atoms with van der Waals surface area (Å²) in [6.45, 7) is -0.212. The molecule has 3 aromatic rings. The standard InChI is InChI=1S/C23H17BrIN3O4/c24-17-5-3-4-16(12-17)22(30)26-14-21(29)28-27-13-15-8-10-18(11-9-15)32-23(31)19-6-1-2-7-20(19)25/h1-13H,14H2,(H,26,30)(H,28,29)/b27-13+. The van der Waals surface area contributed by atoms with Gasteiger partial charge in [0, 0.05) is 13.6 Å². The van der Waals surface area contributed by atoms with Crippen molar-refractivity contribution in [3.63, 3.8) is 0 Å². The van der Waals surface area contributed by atoms with Crippen molar-refractivity contribution in [1.82, 2.24) is 10.7 Å². The lowest BCUT2D eigenvalue weighted by atomic mass is 10.2. The number of hydrogen-bond donors (Lipinski definition) is 2. The predicted molar refractivity (Wildman–Crippen MR) is 133 cm³/mol. The van der Waals surface area contributed by atoms with Crippen molar-refractivity contribution >= 4 is 62.5 Å². The molecule has 0 bridgehead atoms. The van der Waals surface area contributed by atoms with Gasteiger partial charge in [0.1, 0.15) is 5.75 Å². The Kier molecular flexibility index (Phi) is 8.51. The topological polar surface area (TPSA) is 96.9 Å². The Balaban J connectivity index is 1.46. The van der Waals surface area contributed by atoms with Crippen molar-refractivity contribution in [2.75, 3.05) is 6.54 Å². The maximum absolute atomic E-state index is 12.3. The summed E-state index contributed by atoms with van der Waals surface area (Å²) in [6, 6.07) is 20.7. The van der Waals surface area contributed by atoms with Crippen LogP contribution in [-0.4, -0.2) is 30.5 Å². The average molecular weight is 606 g/mol. The molecule has 0 radical (unpaired) electrons. The van der Waals surface area contributed by atoms with Crippen LogP contribution >= 0.6 is 38.5 Å². The zero-order valence-corrected chi connectivity index (χ0v) is 20.3. The van der Waals surface area contributed by atoms with Gasteiger partial charge >= 0.3 is 5.97 Å². The number of carbonyl (C=O) groups excluding carboxylic acids is 3. The van der Waals surface area contributed by atoms with Crippen molar-refractivity contribution in [1.29, 1.82) is 0 Å². The molecule has 7 nitrogen and oxygen atoms in total. The molecule has 0 aliphatic rings. The minimum Gasteiger partial charge on any atom is -0.423 e. The minimum absolute atomic E-state index is 0.212. The Bertz CT molecular complexity index is 1170. The number of halogens is 2. The highest BCUT2D eigenvalue weighted by molar-refractivity contribution is 14.1. The molecule has 0 aromatic heterocycles. The molecule has 0 aliphatic carbocycles. The Labute approximate surface area is 206 Å². The van der Waals surface area contributed by atoms with Gasteiger partial charge in [-0.05, 0) is 82.8 Å². The minimum atomic E-state index is -0.465. The number of nitrogens with zero attached hydrogens (tertiary/aromatic N) is 1. The fourth-order valence-corrected chi connectivity index (χ4v) is 3.53. The number of carbonyl (C=O) groups is 3. The zero-order valence-electron chi connectivity index (χ0n) is 16.5. The predicted octanol–water partition coefficient (Wildman–Crippen LogP) is 4.15. The molecule has 3 rings (SSSR count). The molecule has 2 amide bonds. The van der Waals surface area contributed by atoms with Crippen molar-refractivity contribution < 1.29 is 19.1 Å². The SMILES string of the molecule is O=C(CNC(=O)c1cccc(Br)c1)N/N=C/c1ccc(OC(=O)c2ccccc2I)cc1. The highest BCUT2D eigenvalue weighted by Gasteiger charge is 2.11. The summed E-state index contributed by atoms with van der Waals surface area (Å²) in [7, 11) is 0. The van der Waals surface area contributed by atoms with Crippen molar-refractivity contribution in [2.45, 2.75) is 0 Å². The molecule has 0 heterocycles. The summed E-state index contributed by atoms with van der Waals surface area (Å²) >= 11 is 5.37. The summed E-state index contributed by atoms with van der Waals surface area (Å²) < 4.78 is 6.96. The number of amides is 2. The van der Waals surface area contributed by atoms with Crippen LogP contribution in [0.1, 0.15) is 26.3 Å². The second-order valence-electron chi connectivity index (χ2n) is 6.42. The van der Waals surface area contributed by atoms with Crippen LogP contribution < -0.4 is 15.5 Å². The monoisotopic (exact) mass is 605 g/mol. The molecular formula is C23H17BrIN3O4. The number of rotatable bonds is 7. The van der Waals surface area contributed by atoms with E-state index >= 15 is 0 Å². The number of nitrogens with one attached hydrogen (secondary N) is 2. The quantitative estimate of drug-likeness (QED) is 0.139. The highest BCUT2D eigenvalue weighted by Crippen LogP contribution is 2.17. The van der Waals surface area contributed by atoms with E-state index in [9.17, 15) is 14.4 Å². The Morgan fingerprint density at radius 3 is 2.47 bits per heavy atom. The first-order valence-corrected chi connectivity index (χ1v) is 11.2. The summed E-state index contributed by atoms with van der Waals surface area (Å²) in [5.41, 5.74) is 3.97. The molecule has 2 N–H and O–H groups in total. The van der Waals surface area contributed by atoms with Crippen LogP contribution in [0.15, 0.2) is 82.4 Å². The van der Waals surface area contributed by atoms with E-state index in [-0.39, 0.29) is 12.5 Å². The summed E-state index contributed by atoms with van der Waals surface area (Å²) in [6.07, 6.45) is 1.44. The first kappa shape index (κ1) is 23.6. The van der Waals surface area contributed by atoms with Crippen molar-refractivity contribution in [3.05, 3.63) is 97.5 Å². The molecular weight excluding hydrogens is 589 g/mol. The third-order valence-electron chi connectivity index (χ3n) is 4.08. The Hall–Kier alpha value is -3.05. The van der Waals surface area contributed by atoms with Gasteiger partial charge in [-0.3, -0.25) is 9.59 Å². The first-order valence-electron chi connectivity index (χ1n) is 9.35. The maximum atomic E-state index is 12.3. The van der Waals surface area contributed by atoms with E-state index < -0.39 is 11.9 Å². The third kappa shape index (κ3) is 6.99. The molecule has 32 heavy (non-hydrogen) atoms. The van der Waals surface area contributed by atoms with Crippen LogP contribution in [0.2, 0.25) is 0 Å². The first-order chi connectivity index (χ1) is 15.4. The van der Waals surface area contributed by atoms with Crippen molar-refractivity contribution in [3.8, 4) is 5.75 Å². The van der Waals surface area contributed by atoms with E-state index in [1.807, 2.05) is 12.1 Å². The second kappa shape index (κ2) is 11.5. The maximum Gasteiger partial charge on any atom is 0.344 e. The van der Waals surface area contributed by atoms with Gasteiger partial charge in [-0.15, -0.1) is 0 Å². The van der Waals surface area contributed by atoms with Crippen LogP contribution in [-0.2, 0) is 4.79 Å². The highest BCUT2D eigenvalue weighted by atomic mass is 127. The van der Waals surface area contributed by atoms with E-state index in [1.54, 1.807) is 60.7 Å². The van der Waals surface area contributed by atoms with Gasteiger partial charge in [-0.2, -0.15) is 5.10 Å². The molecule has 3 aromatic carbocycles. The Morgan fingerprint density at radius 2 is 1.75 bits per heavy atom. The van der Waals surface area contributed by atoms with Crippen LogP contribution in [0.4, 0.5) is 0 Å². The fourth-order valence-electron chi connectivity index (χ4n) is 2.52. The van der Waals surface area contributed by atoms with Gasteiger partial charge in [0.15, 0.2) is 0 Å². The smallest absolute Gasteiger partial charge is 0.344 e. The average Bonchev–Trinajstić information content (AvgIpc) is 2.79. The molecule has 0 fully saturated rings. The van der Waals surface area contributed by atoms with E-state index in [0.717, 1.165) is 8.04 Å². The van der Waals surface area contributed by atoms with E-state index in [0.29, 0.717) is 22.4 Å². The molecule has 0 atom stereocenters. The lowest BCUT2D eigenvalue weighted by molar-refractivity contribution is -0.120. The van der Waals surface area contributed by atoms with Gasteiger partial charge in [0.2, 0.25) is 0 Å². The fraction of sp³-hybridized carbons (Fsp3) is 0.0435. The Morgan fingerprint density at radius 1 is 1.00 bits per heavy atom. The second-order valence-corrected chi connectivity index (χ2v) is 8.50. The zero-order chi connectivity index (χ0) is 22.9. The lowest BCUT2D eigenvalue weighted by Gasteiger charge is -2.06. The summed E-state index contributed by atoms with van der Waals surface area (Å²) in [5.74, 6) is -0.868. The largest absolute Gasteiger partial charge is 0.423 e. The van der Waals surface area contributed by atoms with Gasteiger partial charge in [-0.1, -0.05) is 34.1 Å². The number of hydrogen-bond acceptors (Lipinski definition) is 5. The number of benzene rings is 3. The summed E-state index contributed by atoms with van der Waals surface area (Å²) in [4.78, 5) is 36.1. The van der Waals surface area contributed by atoms with Gasteiger partial charge < -0.3 is 10.1 Å². The van der Waals surface area contributed by atoms with E-state index in [1.165, 1.54) is 6.21 Å². The van der Waals surface area contributed by atoms with Crippen LogP contribution in [0.25, 0.3) is 0 Å². The molecule has 9 heteroatoms. The molecule has 162 valence electrons. The molecule has 0 spiro atoms. The van der Waals surface area contributed by atoms with Gasteiger partial charge in [0.05, 0.1) is 18.3 Å². The van der Waals surface area contributed by atoms with Gasteiger partial charge in [-0.25, -0.2) is 10.2 Å². The third-order valence-corrected chi connectivity index (χ3v) is 5.52. The number of esters is 1. The van der Waals surface area contributed by atoms with Gasteiger partial charge in [0.25, 0.3) is 11.8 Å². The van der Waals surface area contributed by atoms with E-state index in [4.69, 9.17) is 4.74 Å². The van der Waals surface area contributed by atoms with Crippen LogP contribution in [0.5, 0.6) is 5.75 Å². The summed E-state index contributed by atoms with van der Waals surface area (Å²) in [5, 5.41) is 6.39.